The van der Waals surface area contributed by atoms with Crippen LogP contribution in [0.15, 0.2) is 42.6 Å². The fourth-order valence-electron chi connectivity index (χ4n) is 2.45. The molecule has 2 aromatic rings. The van der Waals surface area contributed by atoms with Gasteiger partial charge in [0, 0.05) is 19.8 Å². The van der Waals surface area contributed by atoms with E-state index in [9.17, 15) is 4.79 Å². The van der Waals surface area contributed by atoms with E-state index in [4.69, 9.17) is 5.73 Å². The minimum atomic E-state index is -0.00324. The predicted octanol–water partition coefficient (Wildman–Crippen LogP) is 3.31. The molecule has 0 fully saturated rings. The Bertz CT molecular complexity index is 604. The summed E-state index contributed by atoms with van der Waals surface area (Å²) >= 11 is 0. The van der Waals surface area contributed by atoms with Crippen molar-refractivity contribution in [1.29, 1.82) is 0 Å². The van der Waals surface area contributed by atoms with E-state index in [1.807, 2.05) is 55.1 Å². The standard InChI is InChI=1S/C17H23N3O/c1-4-10-20-12-15(18)11-16(20)17(21)19(3)13(2)14-8-6-5-7-9-14/h5-9,11-13H,4,10,18H2,1-3H3. The maximum Gasteiger partial charge on any atom is 0.270 e. The van der Waals surface area contributed by atoms with Gasteiger partial charge in [0.2, 0.25) is 0 Å². The summed E-state index contributed by atoms with van der Waals surface area (Å²) in [5.41, 5.74) is 8.25. The zero-order valence-electron chi connectivity index (χ0n) is 12.9. The third-order valence-corrected chi connectivity index (χ3v) is 3.78. The second-order valence-corrected chi connectivity index (χ2v) is 5.35. The molecule has 0 spiro atoms. The first-order chi connectivity index (χ1) is 10.0. The second-order valence-electron chi connectivity index (χ2n) is 5.35. The molecule has 0 radical (unpaired) electrons. The number of rotatable bonds is 5. The molecular formula is C17H23N3O. The van der Waals surface area contributed by atoms with Crippen molar-refractivity contribution < 1.29 is 4.79 Å². The Balaban J connectivity index is 2.23. The SMILES string of the molecule is CCCn1cc(N)cc1C(=O)N(C)C(C)c1ccccc1. The molecule has 1 heterocycles. The quantitative estimate of drug-likeness (QED) is 0.916. The van der Waals surface area contributed by atoms with Crippen LogP contribution >= 0.6 is 0 Å². The number of carbonyl (C=O) groups is 1. The molecule has 1 atom stereocenters. The Hall–Kier alpha value is -2.23. The zero-order valence-corrected chi connectivity index (χ0v) is 12.9. The average molecular weight is 285 g/mol. The van der Waals surface area contributed by atoms with Crippen molar-refractivity contribution in [2.45, 2.75) is 32.9 Å². The monoisotopic (exact) mass is 285 g/mol. The number of anilines is 1. The molecule has 2 rings (SSSR count). The van der Waals surface area contributed by atoms with E-state index in [0.717, 1.165) is 18.5 Å². The van der Waals surface area contributed by atoms with Crippen LogP contribution in [0.25, 0.3) is 0 Å². The Morgan fingerprint density at radius 1 is 1.33 bits per heavy atom. The Kier molecular flexibility index (Phi) is 4.68. The largest absolute Gasteiger partial charge is 0.397 e. The minimum Gasteiger partial charge on any atom is -0.397 e. The van der Waals surface area contributed by atoms with Crippen LogP contribution in [0.4, 0.5) is 5.69 Å². The van der Waals surface area contributed by atoms with Gasteiger partial charge in [-0.1, -0.05) is 37.3 Å². The lowest BCUT2D eigenvalue weighted by Gasteiger charge is -2.25. The van der Waals surface area contributed by atoms with Crippen molar-refractivity contribution in [3.05, 3.63) is 53.9 Å². The van der Waals surface area contributed by atoms with Crippen LogP contribution in [-0.4, -0.2) is 22.4 Å². The lowest BCUT2D eigenvalue weighted by molar-refractivity contribution is 0.0731. The van der Waals surface area contributed by atoms with E-state index < -0.39 is 0 Å². The summed E-state index contributed by atoms with van der Waals surface area (Å²) in [6.45, 7) is 4.91. The highest BCUT2D eigenvalue weighted by Gasteiger charge is 2.21. The van der Waals surface area contributed by atoms with Gasteiger partial charge in [-0.15, -0.1) is 0 Å². The molecule has 0 aliphatic heterocycles. The van der Waals surface area contributed by atoms with Gasteiger partial charge in [-0.2, -0.15) is 0 Å². The van der Waals surface area contributed by atoms with Gasteiger partial charge in [0.25, 0.3) is 5.91 Å². The highest BCUT2D eigenvalue weighted by Crippen LogP contribution is 2.22. The molecule has 0 saturated carbocycles. The first kappa shape index (κ1) is 15.2. The van der Waals surface area contributed by atoms with Crippen molar-refractivity contribution in [2.75, 3.05) is 12.8 Å². The van der Waals surface area contributed by atoms with Gasteiger partial charge in [0.15, 0.2) is 0 Å². The fraction of sp³-hybridized carbons (Fsp3) is 0.353. The molecule has 4 nitrogen and oxygen atoms in total. The molecule has 0 aliphatic rings. The molecule has 1 unspecified atom stereocenters. The lowest BCUT2D eigenvalue weighted by Crippen LogP contribution is -2.31. The van der Waals surface area contributed by atoms with Crippen molar-refractivity contribution >= 4 is 11.6 Å². The van der Waals surface area contributed by atoms with Gasteiger partial charge in [0.1, 0.15) is 5.69 Å². The molecule has 112 valence electrons. The third-order valence-electron chi connectivity index (χ3n) is 3.78. The van der Waals surface area contributed by atoms with E-state index in [1.54, 1.807) is 11.0 Å². The summed E-state index contributed by atoms with van der Waals surface area (Å²) in [4.78, 5) is 14.5. The molecule has 1 aromatic heterocycles. The van der Waals surface area contributed by atoms with Crippen molar-refractivity contribution in [3.63, 3.8) is 0 Å². The molecule has 0 saturated heterocycles. The maximum absolute atomic E-state index is 12.7. The summed E-state index contributed by atoms with van der Waals surface area (Å²) in [6, 6.07) is 11.8. The number of carbonyl (C=O) groups excluding carboxylic acids is 1. The molecule has 0 aliphatic carbocycles. The average Bonchev–Trinajstić information content (AvgIpc) is 2.87. The van der Waals surface area contributed by atoms with E-state index in [-0.39, 0.29) is 11.9 Å². The van der Waals surface area contributed by atoms with Crippen molar-refractivity contribution in [2.24, 2.45) is 0 Å². The zero-order chi connectivity index (χ0) is 15.4. The molecule has 2 N–H and O–H groups in total. The van der Waals surface area contributed by atoms with Gasteiger partial charge >= 0.3 is 0 Å². The minimum absolute atomic E-state index is 0.00324. The first-order valence-corrected chi connectivity index (χ1v) is 7.32. The number of aromatic nitrogens is 1. The topological polar surface area (TPSA) is 51.3 Å². The van der Waals surface area contributed by atoms with E-state index in [0.29, 0.717) is 11.4 Å². The van der Waals surface area contributed by atoms with E-state index in [1.165, 1.54) is 0 Å². The van der Waals surface area contributed by atoms with E-state index in [2.05, 4.69) is 6.92 Å². The first-order valence-electron chi connectivity index (χ1n) is 7.32. The normalized spacial score (nSPS) is 12.1. The number of nitrogen functional groups attached to an aromatic ring is 1. The maximum atomic E-state index is 12.7. The number of amides is 1. The summed E-state index contributed by atoms with van der Waals surface area (Å²) in [5, 5.41) is 0. The smallest absolute Gasteiger partial charge is 0.270 e. The summed E-state index contributed by atoms with van der Waals surface area (Å²) in [5.74, 6) is -0.00324. The number of nitrogens with zero attached hydrogens (tertiary/aromatic N) is 2. The highest BCUT2D eigenvalue weighted by atomic mass is 16.2. The van der Waals surface area contributed by atoms with Gasteiger partial charge in [-0.3, -0.25) is 4.79 Å². The number of aryl methyl sites for hydroxylation is 1. The van der Waals surface area contributed by atoms with Crippen LogP contribution in [0, 0.1) is 0 Å². The Morgan fingerprint density at radius 2 is 2.00 bits per heavy atom. The summed E-state index contributed by atoms with van der Waals surface area (Å²) < 4.78 is 1.94. The third kappa shape index (κ3) is 3.27. The van der Waals surface area contributed by atoms with Gasteiger partial charge in [0.05, 0.1) is 11.7 Å². The fourth-order valence-corrected chi connectivity index (χ4v) is 2.45. The van der Waals surface area contributed by atoms with Gasteiger partial charge in [-0.05, 0) is 25.0 Å². The van der Waals surface area contributed by atoms with Crippen LogP contribution in [-0.2, 0) is 6.54 Å². The Labute approximate surface area is 126 Å². The van der Waals surface area contributed by atoms with Crippen molar-refractivity contribution in [1.82, 2.24) is 9.47 Å². The van der Waals surface area contributed by atoms with Crippen molar-refractivity contribution in [3.8, 4) is 0 Å². The molecule has 1 aromatic carbocycles. The van der Waals surface area contributed by atoms with Crippen LogP contribution in [0.1, 0.15) is 42.4 Å². The van der Waals surface area contributed by atoms with Crippen LogP contribution in [0.2, 0.25) is 0 Å². The molecule has 1 amide bonds. The molecular weight excluding hydrogens is 262 g/mol. The number of benzene rings is 1. The molecule has 21 heavy (non-hydrogen) atoms. The highest BCUT2D eigenvalue weighted by molar-refractivity contribution is 5.94. The number of hydrogen-bond donors (Lipinski definition) is 1. The second kappa shape index (κ2) is 6.48. The number of hydrogen-bond acceptors (Lipinski definition) is 2. The lowest BCUT2D eigenvalue weighted by atomic mass is 10.1. The van der Waals surface area contributed by atoms with Crippen LogP contribution < -0.4 is 5.73 Å². The summed E-state index contributed by atoms with van der Waals surface area (Å²) in [7, 11) is 1.83. The van der Waals surface area contributed by atoms with E-state index >= 15 is 0 Å². The van der Waals surface area contributed by atoms with Crippen LogP contribution in [0.5, 0.6) is 0 Å². The van der Waals surface area contributed by atoms with Gasteiger partial charge in [-0.25, -0.2) is 0 Å². The number of nitrogens with two attached hydrogens (primary N) is 1. The Morgan fingerprint density at radius 3 is 2.62 bits per heavy atom. The predicted molar refractivity (Wildman–Crippen MR) is 86.1 cm³/mol. The van der Waals surface area contributed by atoms with Crippen LogP contribution in [0.3, 0.4) is 0 Å². The summed E-state index contributed by atoms with van der Waals surface area (Å²) in [6.07, 6.45) is 2.80. The molecule has 0 bridgehead atoms. The van der Waals surface area contributed by atoms with Gasteiger partial charge < -0.3 is 15.2 Å². The molecule has 4 heteroatoms.